The van der Waals surface area contributed by atoms with E-state index >= 15 is 0 Å². The number of ether oxygens (including phenoxy) is 1. The molecule has 114 valence electrons. The summed E-state index contributed by atoms with van der Waals surface area (Å²) in [5, 5.41) is 12.7. The summed E-state index contributed by atoms with van der Waals surface area (Å²) < 4.78 is 42.7. The minimum absolute atomic E-state index is 0.0492. The van der Waals surface area contributed by atoms with Crippen molar-refractivity contribution in [2.45, 2.75) is 26.1 Å². The van der Waals surface area contributed by atoms with Gasteiger partial charge in [0, 0.05) is 6.54 Å². The average molecular weight is 291 g/mol. The summed E-state index contributed by atoms with van der Waals surface area (Å²) >= 11 is 0. The number of halogens is 3. The van der Waals surface area contributed by atoms with Gasteiger partial charge < -0.3 is 15.2 Å². The van der Waals surface area contributed by atoms with Crippen molar-refractivity contribution in [3.8, 4) is 5.75 Å². The first-order chi connectivity index (χ1) is 9.29. The minimum Gasteiger partial charge on any atom is -0.491 e. The molecule has 0 radical (unpaired) electrons. The number of hydrogen-bond acceptors (Lipinski definition) is 3. The van der Waals surface area contributed by atoms with E-state index < -0.39 is 17.8 Å². The van der Waals surface area contributed by atoms with Gasteiger partial charge in [-0.1, -0.05) is 19.9 Å². The molecular formula is C14H20F3NO2. The largest absolute Gasteiger partial charge is 0.491 e. The van der Waals surface area contributed by atoms with Gasteiger partial charge in [0.25, 0.3) is 0 Å². The van der Waals surface area contributed by atoms with E-state index in [0.717, 1.165) is 18.7 Å². The number of aliphatic hydroxyl groups is 1. The first-order valence-corrected chi connectivity index (χ1v) is 6.48. The maximum absolute atomic E-state index is 12.5. The SMILES string of the molecule is CC(C)CNCC(O)COc1cccc(C(F)(F)F)c1. The van der Waals surface area contributed by atoms with E-state index in [1.165, 1.54) is 12.1 Å². The van der Waals surface area contributed by atoms with E-state index in [1.807, 2.05) is 13.8 Å². The van der Waals surface area contributed by atoms with Crippen molar-refractivity contribution in [2.75, 3.05) is 19.7 Å². The molecule has 1 aromatic carbocycles. The Labute approximate surface area is 116 Å². The zero-order valence-corrected chi connectivity index (χ0v) is 11.6. The van der Waals surface area contributed by atoms with E-state index in [2.05, 4.69) is 5.32 Å². The summed E-state index contributed by atoms with van der Waals surface area (Å²) in [5.74, 6) is 0.564. The second-order valence-electron chi connectivity index (χ2n) is 5.04. The molecule has 0 fully saturated rings. The lowest BCUT2D eigenvalue weighted by molar-refractivity contribution is -0.137. The summed E-state index contributed by atoms with van der Waals surface area (Å²) in [6, 6.07) is 4.62. The molecule has 0 bridgehead atoms. The Morgan fingerprint density at radius 1 is 1.25 bits per heavy atom. The number of aliphatic hydroxyl groups excluding tert-OH is 1. The Hall–Kier alpha value is -1.27. The van der Waals surface area contributed by atoms with Crippen molar-refractivity contribution in [3.63, 3.8) is 0 Å². The maximum atomic E-state index is 12.5. The normalized spacial score (nSPS) is 13.6. The zero-order chi connectivity index (χ0) is 15.2. The summed E-state index contributed by atoms with van der Waals surface area (Å²) in [7, 11) is 0. The second-order valence-corrected chi connectivity index (χ2v) is 5.04. The fourth-order valence-corrected chi connectivity index (χ4v) is 1.55. The van der Waals surface area contributed by atoms with Gasteiger partial charge in [-0.15, -0.1) is 0 Å². The Kier molecular flexibility index (Phi) is 6.29. The van der Waals surface area contributed by atoms with E-state index in [9.17, 15) is 18.3 Å². The second kappa shape index (κ2) is 7.50. The summed E-state index contributed by atoms with van der Waals surface area (Å²) in [4.78, 5) is 0. The number of rotatable bonds is 7. The molecule has 0 heterocycles. The number of alkyl halides is 3. The minimum atomic E-state index is -4.39. The monoisotopic (exact) mass is 291 g/mol. The van der Waals surface area contributed by atoms with Gasteiger partial charge in [0.05, 0.1) is 5.56 Å². The van der Waals surface area contributed by atoms with Crippen LogP contribution in [0.4, 0.5) is 13.2 Å². The third-order valence-electron chi connectivity index (χ3n) is 2.54. The fourth-order valence-electron chi connectivity index (χ4n) is 1.55. The van der Waals surface area contributed by atoms with Crippen LogP contribution < -0.4 is 10.1 Å². The topological polar surface area (TPSA) is 41.5 Å². The molecule has 0 aromatic heterocycles. The molecule has 0 saturated heterocycles. The van der Waals surface area contributed by atoms with E-state index in [0.29, 0.717) is 12.5 Å². The molecule has 1 unspecified atom stereocenters. The third kappa shape index (κ3) is 6.25. The number of hydrogen-bond donors (Lipinski definition) is 2. The van der Waals surface area contributed by atoms with Gasteiger partial charge >= 0.3 is 6.18 Å². The first-order valence-electron chi connectivity index (χ1n) is 6.48. The van der Waals surface area contributed by atoms with E-state index in [4.69, 9.17) is 4.74 Å². The van der Waals surface area contributed by atoms with Crippen molar-refractivity contribution in [2.24, 2.45) is 5.92 Å². The molecule has 20 heavy (non-hydrogen) atoms. The standard InChI is InChI=1S/C14H20F3NO2/c1-10(2)7-18-8-12(19)9-20-13-5-3-4-11(6-13)14(15,16)17/h3-6,10,12,18-19H,7-9H2,1-2H3. The highest BCUT2D eigenvalue weighted by molar-refractivity contribution is 5.30. The van der Waals surface area contributed by atoms with Crippen LogP contribution in [0.5, 0.6) is 5.75 Å². The van der Waals surface area contributed by atoms with Crippen molar-refractivity contribution < 1.29 is 23.0 Å². The third-order valence-corrected chi connectivity index (χ3v) is 2.54. The summed E-state index contributed by atoms with van der Waals surface area (Å²) in [6.07, 6.45) is -5.15. The van der Waals surface area contributed by atoms with Crippen LogP contribution in [-0.2, 0) is 6.18 Å². The van der Waals surface area contributed by atoms with Gasteiger partial charge in [-0.3, -0.25) is 0 Å². The molecule has 6 heteroatoms. The van der Waals surface area contributed by atoms with Crippen LogP contribution in [0, 0.1) is 5.92 Å². The predicted molar refractivity (Wildman–Crippen MR) is 70.7 cm³/mol. The lowest BCUT2D eigenvalue weighted by Gasteiger charge is -2.15. The molecule has 1 rings (SSSR count). The molecule has 0 saturated carbocycles. The molecule has 3 nitrogen and oxygen atoms in total. The summed E-state index contributed by atoms with van der Waals surface area (Å²) in [5.41, 5.74) is -0.762. The van der Waals surface area contributed by atoms with Crippen molar-refractivity contribution in [1.29, 1.82) is 0 Å². The predicted octanol–water partition coefficient (Wildman–Crippen LogP) is 2.69. The fraction of sp³-hybridized carbons (Fsp3) is 0.571. The van der Waals surface area contributed by atoms with Crippen LogP contribution in [-0.4, -0.2) is 30.9 Å². The maximum Gasteiger partial charge on any atom is 0.416 e. The molecule has 0 aliphatic carbocycles. The van der Waals surface area contributed by atoms with Gasteiger partial charge in [0.2, 0.25) is 0 Å². The Morgan fingerprint density at radius 2 is 1.95 bits per heavy atom. The Balaban J connectivity index is 2.41. The number of nitrogens with one attached hydrogen (secondary N) is 1. The highest BCUT2D eigenvalue weighted by Gasteiger charge is 2.30. The van der Waals surface area contributed by atoms with E-state index in [1.54, 1.807) is 0 Å². The van der Waals surface area contributed by atoms with E-state index in [-0.39, 0.29) is 12.4 Å². The van der Waals surface area contributed by atoms with Gasteiger partial charge in [-0.25, -0.2) is 0 Å². The smallest absolute Gasteiger partial charge is 0.416 e. The highest BCUT2D eigenvalue weighted by atomic mass is 19.4. The molecule has 0 aliphatic rings. The van der Waals surface area contributed by atoms with Gasteiger partial charge in [-0.05, 0) is 30.7 Å². The van der Waals surface area contributed by atoms with Crippen molar-refractivity contribution in [3.05, 3.63) is 29.8 Å². The lowest BCUT2D eigenvalue weighted by Crippen LogP contribution is -2.33. The van der Waals surface area contributed by atoms with Crippen LogP contribution in [0.15, 0.2) is 24.3 Å². The Morgan fingerprint density at radius 3 is 2.55 bits per heavy atom. The zero-order valence-electron chi connectivity index (χ0n) is 11.6. The van der Waals surface area contributed by atoms with Crippen LogP contribution in [0.2, 0.25) is 0 Å². The molecular weight excluding hydrogens is 271 g/mol. The molecule has 2 N–H and O–H groups in total. The van der Waals surface area contributed by atoms with Gasteiger partial charge in [0.15, 0.2) is 0 Å². The number of benzene rings is 1. The lowest BCUT2D eigenvalue weighted by atomic mass is 10.2. The molecule has 0 aliphatic heterocycles. The van der Waals surface area contributed by atoms with Gasteiger partial charge in [0.1, 0.15) is 18.5 Å². The first kappa shape index (κ1) is 16.8. The summed E-state index contributed by atoms with van der Waals surface area (Å²) in [6.45, 7) is 5.14. The van der Waals surface area contributed by atoms with Crippen LogP contribution >= 0.6 is 0 Å². The average Bonchev–Trinajstić information content (AvgIpc) is 2.35. The molecule has 0 spiro atoms. The van der Waals surface area contributed by atoms with Crippen LogP contribution in [0.1, 0.15) is 19.4 Å². The van der Waals surface area contributed by atoms with Crippen LogP contribution in [0.3, 0.4) is 0 Å². The van der Waals surface area contributed by atoms with Crippen LogP contribution in [0.25, 0.3) is 0 Å². The van der Waals surface area contributed by atoms with Gasteiger partial charge in [-0.2, -0.15) is 13.2 Å². The Bertz CT molecular complexity index is 408. The molecule has 1 atom stereocenters. The molecule has 1 aromatic rings. The van der Waals surface area contributed by atoms with Crippen molar-refractivity contribution in [1.82, 2.24) is 5.32 Å². The quantitative estimate of drug-likeness (QED) is 0.811. The highest BCUT2D eigenvalue weighted by Crippen LogP contribution is 2.31. The molecule has 0 amide bonds. The van der Waals surface area contributed by atoms with Crippen molar-refractivity contribution >= 4 is 0 Å².